The Hall–Kier alpha value is -0.330. The van der Waals surface area contributed by atoms with Crippen molar-refractivity contribution in [3.8, 4) is 0 Å². The highest BCUT2D eigenvalue weighted by molar-refractivity contribution is 5.14. The molecule has 98 valence electrons. The van der Waals surface area contributed by atoms with E-state index in [0.29, 0.717) is 0 Å². The average Bonchev–Trinajstić information content (AvgIpc) is 2.30. The van der Waals surface area contributed by atoms with E-state index in [9.17, 15) is 0 Å². The third kappa shape index (κ3) is 2.92. The molecule has 2 aliphatic rings. The van der Waals surface area contributed by atoms with Gasteiger partial charge in [-0.25, -0.2) is 4.58 Å². The third-order valence-electron chi connectivity index (χ3n) is 5.56. The molecule has 0 bridgehead atoms. The third-order valence-corrected chi connectivity index (χ3v) is 5.56. The van der Waals surface area contributed by atoms with Gasteiger partial charge in [-0.3, -0.25) is 0 Å². The number of rotatable bonds is 2. The van der Waals surface area contributed by atoms with Crippen molar-refractivity contribution in [2.75, 3.05) is 7.05 Å². The molecule has 5 atom stereocenters. The predicted octanol–water partition coefficient (Wildman–Crippen LogP) is 3.96. The van der Waals surface area contributed by atoms with Crippen molar-refractivity contribution in [3.05, 3.63) is 0 Å². The number of hydrogen-bond donors (Lipinski definition) is 0. The van der Waals surface area contributed by atoms with Gasteiger partial charge in [0, 0.05) is 12.8 Å². The van der Waals surface area contributed by atoms with Crippen LogP contribution < -0.4 is 0 Å². The Morgan fingerprint density at radius 3 is 2.12 bits per heavy atom. The van der Waals surface area contributed by atoms with E-state index in [4.69, 9.17) is 0 Å². The first kappa shape index (κ1) is 13.1. The first-order valence-electron chi connectivity index (χ1n) is 7.63. The van der Waals surface area contributed by atoms with E-state index in [2.05, 4.69) is 32.2 Å². The van der Waals surface area contributed by atoms with Crippen LogP contribution in [-0.4, -0.2) is 24.4 Å². The summed E-state index contributed by atoms with van der Waals surface area (Å²) >= 11 is 0. The van der Waals surface area contributed by atoms with Crippen molar-refractivity contribution in [1.29, 1.82) is 0 Å². The Morgan fingerprint density at radius 1 is 0.882 bits per heavy atom. The van der Waals surface area contributed by atoms with E-state index in [1.807, 2.05) is 0 Å². The van der Waals surface area contributed by atoms with E-state index >= 15 is 0 Å². The molecule has 5 unspecified atom stereocenters. The first-order chi connectivity index (χ1) is 8.09. The molecule has 2 aliphatic carbocycles. The second-order valence-corrected chi connectivity index (χ2v) is 6.79. The summed E-state index contributed by atoms with van der Waals surface area (Å²) < 4.78 is 2.19. The molecule has 0 aliphatic heterocycles. The Morgan fingerprint density at radius 2 is 1.53 bits per heavy atom. The molecule has 0 aromatic heterocycles. The van der Waals surface area contributed by atoms with Crippen molar-refractivity contribution in [1.82, 2.24) is 0 Å². The van der Waals surface area contributed by atoms with Crippen LogP contribution in [0, 0.1) is 23.7 Å². The molecule has 0 aromatic carbocycles. The zero-order valence-electron chi connectivity index (χ0n) is 12.0. The molecular weight excluding hydrogens is 206 g/mol. The Kier molecular flexibility index (Phi) is 4.27. The summed E-state index contributed by atoms with van der Waals surface area (Å²) in [7, 11) is 2.14. The predicted molar refractivity (Wildman–Crippen MR) is 74.7 cm³/mol. The summed E-state index contributed by atoms with van der Waals surface area (Å²) in [6.07, 6.45) is 10.1. The standard InChI is InChI=1S/C16H30N/c1-12-7-5-6-8-15(12)16-10-9-14(17(3)4)11-13(16)2/h12-16H,3,5-11H2,1-2,4H3/q+1. The molecule has 0 radical (unpaired) electrons. The second-order valence-electron chi connectivity index (χ2n) is 6.79. The van der Waals surface area contributed by atoms with Crippen LogP contribution in [0.15, 0.2) is 0 Å². The summed E-state index contributed by atoms with van der Waals surface area (Å²) in [5.41, 5.74) is 0. The lowest BCUT2D eigenvalue weighted by atomic mass is 9.64. The van der Waals surface area contributed by atoms with E-state index in [-0.39, 0.29) is 0 Å². The van der Waals surface area contributed by atoms with Gasteiger partial charge in [0.2, 0.25) is 0 Å². The maximum Gasteiger partial charge on any atom is 0.152 e. The molecule has 0 heterocycles. The van der Waals surface area contributed by atoms with Gasteiger partial charge in [0.1, 0.15) is 13.8 Å². The number of nitrogens with zero attached hydrogens (tertiary/aromatic N) is 1. The molecule has 0 saturated heterocycles. The van der Waals surface area contributed by atoms with Crippen molar-refractivity contribution < 1.29 is 4.58 Å². The lowest BCUT2D eigenvalue weighted by Crippen LogP contribution is -2.38. The van der Waals surface area contributed by atoms with Gasteiger partial charge in [0.15, 0.2) is 6.04 Å². The molecule has 0 aromatic rings. The smallest absolute Gasteiger partial charge is 0.152 e. The van der Waals surface area contributed by atoms with Crippen LogP contribution in [0.4, 0.5) is 0 Å². The monoisotopic (exact) mass is 236 g/mol. The van der Waals surface area contributed by atoms with Gasteiger partial charge in [0.05, 0.1) is 0 Å². The maximum absolute atomic E-state index is 4.08. The Balaban J connectivity index is 1.96. The fourth-order valence-electron chi connectivity index (χ4n) is 4.41. The van der Waals surface area contributed by atoms with Gasteiger partial charge in [-0.1, -0.05) is 33.1 Å². The molecule has 1 heteroatoms. The van der Waals surface area contributed by atoms with Crippen LogP contribution in [0.3, 0.4) is 0 Å². The summed E-state index contributed by atoms with van der Waals surface area (Å²) in [4.78, 5) is 0. The molecule has 17 heavy (non-hydrogen) atoms. The molecule has 1 nitrogen and oxygen atoms in total. The zero-order chi connectivity index (χ0) is 12.4. The van der Waals surface area contributed by atoms with Gasteiger partial charge in [-0.2, -0.15) is 0 Å². The van der Waals surface area contributed by atoms with Crippen molar-refractivity contribution in [2.24, 2.45) is 23.7 Å². The molecule has 2 fully saturated rings. The number of hydrogen-bond acceptors (Lipinski definition) is 0. The lowest BCUT2D eigenvalue weighted by molar-refractivity contribution is -0.536. The van der Waals surface area contributed by atoms with Crippen LogP contribution in [-0.2, 0) is 0 Å². The van der Waals surface area contributed by atoms with Gasteiger partial charge in [-0.05, 0) is 36.5 Å². The quantitative estimate of drug-likeness (QED) is 0.504. The second kappa shape index (κ2) is 5.54. The molecule has 2 rings (SSSR count). The van der Waals surface area contributed by atoms with Crippen molar-refractivity contribution in [2.45, 2.75) is 64.8 Å². The average molecular weight is 236 g/mol. The fraction of sp³-hybridized carbons (Fsp3) is 0.938. The van der Waals surface area contributed by atoms with Gasteiger partial charge in [-0.15, -0.1) is 0 Å². The minimum atomic E-state index is 0.736. The Labute approximate surface area is 107 Å². The largest absolute Gasteiger partial charge is 0.242 e. The minimum absolute atomic E-state index is 0.736. The van der Waals surface area contributed by atoms with Crippen LogP contribution in [0.25, 0.3) is 0 Å². The summed E-state index contributed by atoms with van der Waals surface area (Å²) in [6.45, 7) is 9.07. The van der Waals surface area contributed by atoms with E-state index in [1.54, 1.807) is 0 Å². The fourth-order valence-corrected chi connectivity index (χ4v) is 4.41. The molecule has 0 N–H and O–H groups in total. The van der Waals surface area contributed by atoms with Gasteiger partial charge in [0.25, 0.3) is 0 Å². The first-order valence-corrected chi connectivity index (χ1v) is 7.63. The molecule has 0 spiro atoms. The summed E-state index contributed by atoms with van der Waals surface area (Å²) in [5.74, 6) is 3.91. The van der Waals surface area contributed by atoms with E-state index in [0.717, 1.165) is 29.7 Å². The van der Waals surface area contributed by atoms with Gasteiger partial charge >= 0.3 is 0 Å². The lowest BCUT2D eigenvalue weighted by Gasteiger charge is -2.42. The van der Waals surface area contributed by atoms with Gasteiger partial charge < -0.3 is 0 Å². The SMILES string of the molecule is C=[N+](C)C1CCC(C2CCCCC2C)C(C)C1. The zero-order valence-corrected chi connectivity index (χ0v) is 12.0. The van der Waals surface area contributed by atoms with Crippen molar-refractivity contribution >= 4 is 6.72 Å². The summed E-state index contributed by atoms with van der Waals surface area (Å²) in [5, 5.41) is 0. The molecular formula is C16H30N+. The highest BCUT2D eigenvalue weighted by atomic mass is 15.0. The summed E-state index contributed by atoms with van der Waals surface area (Å²) in [6, 6.07) is 0.736. The van der Waals surface area contributed by atoms with E-state index < -0.39 is 0 Å². The highest BCUT2D eigenvalue weighted by Gasteiger charge is 2.38. The van der Waals surface area contributed by atoms with Crippen LogP contribution in [0.1, 0.15) is 58.8 Å². The highest BCUT2D eigenvalue weighted by Crippen LogP contribution is 2.44. The van der Waals surface area contributed by atoms with Crippen LogP contribution in [0.2, 0.25) is 0 Å². The minimum Gasteiger partial charge on any atom is -0.242 e. The molecule has 0 amide bonds. The normalized spacial score (nSPS) is 43.4. The topological polar surface area (TPSA) is 3.01 Å². The van der Waals surface area contributed by atoms with Crippen LogP contribution in [0.5, 0.6) is 0 Å². The maximum atomic E-state index is 4.08. The van der Waals surface area contributed by atoms with Crippen molar-refractivity contribution in [3.63, 3.8) is 0 Å². The van der Waals surface area contributed by atoms with E-state index in [1.165, 1.54) is 44.9 Å². The molecule has 2 saturated carbocycles. The van der Waals surface area contributed by atoms with Crippen LogP contribution >= 0.6 is 0 Å². The Bertz CT molecular complexity index is 271.